The van der Waals surface area contributed by atoms with E-state index in [1.165, 1.54) is 4.88 Å². The van der Waals surface area contributed by atoms with Crippen LogP contribution in [0.15, 0.2) is 12.1 Å². The van der Waals surface area contributed by atoms with E-state index in [1.54, 1.807) is 18.4 Å². The van der Waals surface area contributed by atoms with Crippen molar-refractivity contribution in [2.24, 2.45) is 11.7 Å². The molecule has 104 valence electrons. The summed E-state index contributed by atoms with van der Waals surface area (Å²) in [6.45, 7) is 6.43. The van der Waals surface area contributed by atoms with Gasteiger partial charge in [-0.2, -0.15) is 0 Å². The number of halogens is 1. The quantitative estimate of drug-likeness (QED) is 0.839. The van der Waals surface area contributed by atoms with Crippen molar-refractivity contribution in [1.29, 1.82) is 0 Å². The lowest BCUT2D eigenvalue weighted by molar-refractivity contribution is -0.00505. The SMILES string of the molecule is COCC(CN)(C(C)C)N(C)Cc1ccc(Cl)s1. The minimum atomic E-state index is -0.134. The Balaban J connectivity index is 2.84. The summed E-state index contributed by atoms with van der Waals surface area (Å²) in [5.74, 6) is 0.419. The van der Waals surface area contributed by atoms with Gasteiger partial charge in [0, 0.05) is 25.1 Å². The van der Waals surface area contributed by atoms with Crippen molar-refractivity contribution in [2.75, 3.05) is 27.3 Å². The number of ether oxygens (including phenoxy) is 1. The van der Waals surface area contributed by atoms with Crippen LogP contribution in [0.2, 0.25) is 4.34 Å². The fourth-order valence-corrected chi connectivity index (χ4v) is 3.39. The van der Waals surface area contributed by atoms with Crippen LogP contribution >= 0.6 is 22.9 Å². The van der Waals surface area contributed by atoms with Crippen LogP contribution in [0.4, 0.5) is 0 Å². The van der Waals surface area contributed by atoms with Crippen LogP contribution in [0.25, 0.3) is 0 Å². The van der Waals surface area contributed by atoms with Crippen molar-refractivity contribution in [3.63, 3.8) is 0 Å². The van der Waals surface area contributed by atoms with Gasteiger partial charge in [0.2, 0.25) is 0 Å². The summed E-state index contributed by atoms with van der Waals surface area (Å²) in [6.07, 6.45) is 0. The molecule has 1 aromatic rings. The summed E-state index contributed by atoms with van der Waals surface area (Å²) in [5, 5.41) is 0. The van der Waals surface area contributed by atoms with E-state index in [0.29, 0.717) is 19.1 Å². The average Bonchev–Trinajstić information content (AvgIpc) is 2.71. The van der Waals surface area contributed by atoms with E-state index < -0.39 is 0 Å². The van der Waals surface area contributed by atoms with Crippen molar-refractivity contribution in [3.05, 3.63) is 21.3 Å². The molecule has 0 aliphatic carbocycles. The molecule has 1 aromatic heterocycles. The molecule has 1 atom stereocenters. The van der Waals surface area contributed by atoms with Crippen LogP contribution in [0.1, 0.15) is 18.7 Å². The highest BCUT2D eigenvalue weighted by atomic mass is 35.5. The molecule has 1 unspecified atom stereocenters. The number of methoxy groups -OCH3 is 1. The first-order valence-corrected chi connectivity index (χ1v) is 7.30. The highest BCUT2D eigenvalue weighted by Gasteiger charge is 2.36. The topological polar surface area (TPSA) is 38.5 Å². The molecule has 5 heteroatoms. The maximum absolute atomic E-state index is 6.01. The van der Waals surface area contributed by atoms with Gasteiger partial charge in [-0.15, -0.1) is 11.3 Å². The van der Waals surface area contributed by atoms with Crippen LogP contribution in [0, 0.1) is 5.92 Å². The van der Waals surface area contributed by atoms with Crippen LogP contribution in [0.5, 0.6) is 0 Å². The van der Waals surface area contributed by atoms with Crippen LogP contribution < -0.4 is 5.73 Å². The van der Waals surface area contributed by atoms with Gasteiger partial charge in [-0.3, -0.25) is 4.90 Å². The Morgan fingerprint density at radius 3 is 2.56 bits per heavy atom. The predicted molar refractivity (Wildman–Crippen MR) is 79.3 cm³/mol. The van der Waals surface area contributed by atoms with Crippen molar-refractivity contribution in [3.8, 4) is 0 Å². The molecule has 3 nitrogen and oxygen atoms in total. The van der Waals surface area contributed by atoms with Gasteiger partial charge in [-0.25, -0.2) is 0 Å². The summed E-state index contributed by atoms with van der Waals surface area (Å²) in [4.78, 5) is 3.53. The zero-order chi connectivity index (χ0) is 13.8. The summed E-state index contributed by atoms with van der Waals surface area (Å²) in [6, 6.07) is 4.00. The number of thiophene rings is 1. The fourth-order valence-electron chi connectivity index (χ4n) is 2.25. The molecule has 0 aliphatic heterocycles. The van der Waals surface area contributed by atoms with Gasteiger partial charge in [0.25, 0.3) is 0 Å². The molecule has 1 heterocycles. The normalized spacial score (nSPS) is 15.3. The minimum absolute atomic E-state index is 0.134. The van der Waals surface area contributed by atoms with Gasteiger partial charge >= 0.3 is 0 Å². The fraction of sp³-hybridized carbons (Fsp3) is 0.692. The van der Waals surface area contributed by atoms with E-state index >= 15 is 0 Å². The third-order valence-corrected chi connectivity index (χ3v) is 4.82. The van der Waals surface area contributed by atoms with E-state index in [4.69, 9.17) is 22.1 Å². The Kier molecular flexibility index (Phi) is 6.08. The molecule has 0 bridgehead atoms. The van der Waals surface area contributed by atoms with E-state index in [9.17, 15) is 0 Å². The number of rotatable bonds is 7. The molecule has 0 spiro atoms. The zero-order valence-electron chi connectivity index (χ0n) is 11.6. The molecule has 1 rings (SSSR count). The van der Waals surface area contributed by atoms with Gasteiger partial charge in [0.15, 0.2) is 0 Å². The number of nitrogens with two attached hydrogens (primary N) is 1. The van der Waals surface area contributed by atoms with Gasteiger partial charge in [-0.05, 0) is 25.1 Å². The Morgan fingerprint density at radius 1 is 1.50 bits per heavy atom. The van der Waals surface area contributed by atoms with Crippen LogP contribution in [-0.2, 0) is 11.3 Å². The molecule has 0 amide bonds. The second kappa shape index (κ2) is 6.87. The lowest BCUT2D eigenvalue weighted by Crippen LogP contribution is -2.58. The van der Waals surface area contributed by atoms with Gasteiger partial charge < -0.3 is 10.5 Å². The Bertz CT molecular complexity index is 370. The Labute approximate surface area is 119 Å². The number of nitrogens with zero attached hydrogens (tertiary/aromatic N) is 1. The maximum Gasteiger partial charge on any atom is 0.0931 e. The van der Waals surface area contributed by atoms with Gasteiger partial charge in [-0.1, -0.05) is 25.4 Å². The second-order valence-electron chi connectivity index (χ2n) is 4.96. The molecule has 0 aromatic carbocycles. The molecule has 2 N–H and O–H groups in total. The predicted octanol–water partition coefficient (Wildman–Crippen LogP) is 2.83. The highest BCUT2D eigenvalue weighted by molar-refractivity contribution is 7.16. The van der Waals surface area contributed by atoms with E-state index in [0.717, 1.165) is 10.9 Å². The number of hydrogen-bond donors (Lipinski definition) is 1. The summed E-state index contributed by atoms with van der Waals surface area (Å²) in [7, 11) is 3.82. The average molecular weight is 291 g/mol. The van der Waals surface area contributed by atoms with Crippen molar-refractivity contribution >= 4 is 22.9 Å². The van der Waals surface area contributed by atoms with Crippen molar-refractivity contribution in [2.45, 2.75) is 25.9 Å². The summed E-state index contributed by atoms with van der Waals surface area (Å²) < 4.78 is 6.21. The molecular weight excluding hydrogens is 268 g/mol. The van der Waals surface area contributed by atoms with Crippen molar-refractivity contribution < 1.29 is 4.74 Å². The molecule has 0 saturated heterocycles. The lowest BCUT2D eigenvalue weighted by atomic mass is 9.85. The Hall–Kier alpha value is -0.130. The van der Waals surface area contributed by atoms with Gasteiger partial charge in [0.1, 0.15) is 0 Å². The van der Waals surface area contributed by atoms with E-state index in [2.05, 4.69) is 31.9 Å². The highest BCUT2D eigenvalue weighted by Crippen LogP contribution is 2.28. The first kappa shape index (κ1) is 15.9. The maximum atomic E-state index is 6.01. The third-order valence-electron chi connectivity index (χ3n) is 3.60. The minimum Gasteiger partial charge on any atom is -0.383 e. The van der Waals surface area contributed by atoms with Crippen LogP contribution in [0.3, 0.4) is 0 Å². The monoisotopic (exact) mass is 290 g/mol. The molecule has 18 heavy (non-hydrogen) atoms. The molecule has 0 aliphatic rings. The first-order chi connectivity index (χ1) is 8.46. The molecule has 0 radical (unpaired) electrons. The molecular formula is C13H23ClN2OS. The third kappa shape index (κ3) is 3.45. The van der Waals surface area contributed by atoms with Crippen LogP contribution in [-0.4, -0.2) is 37.7 Å². The van der Waals surface area contributed by atoms with E-state index in [1.807, 2.05) is 6.07 Å². The zero-order valence-corrected chi connectivity index (χ0v) is 13.1. The molecule has 0 fully saturated rings. The van der Waals surface area contributed by atoms with Crippen molar-refractivity contribution in [1.82, 2.24) is 4.90 Å². The standard InChI is InChI=1S/C13H23ClN2OS/c1-10(2)13(8-15,9-17-4)16(3)7-11-5-6-12(14)18-11/h5-6,10H,7-9,15H2,1-4H3. The summed E-state index contributed by atoms with van der Waals surface area (Å²) >= 11 is 7.58. The summed E-state index contributed by atoms with van der Waals surface area (Å²) in [5.41, 5.74) is 5.88. The van der Waals surface area contributed by atoms with E-state index in [-0.39, 0.29) is 5.54 Å². The lowest BCUT2D eigenvalue weighted by Gasteiger charge is -2.44. The Morgan fingerprint density at radius 2 is 2.17 bits per heavy atom. The first-order valence-electron chi connectivity index (χ1n) is 6.10. The number of likely N-dealkylation sites (N-methyl/N-ethyl adjacent to an activating group) is 1. The largest absolute Gasteiger partial charge is 0.383 e. The smallest absolute Gasteiger partial charge is 0.0931 e. The number of hydrogen-bond acceptors (Lipinski definition) is 4. The van der Waals surface area contributed by atoms with Gasteiger partial charge in [0.05, 0.1) is 16.5 Å². The second-order valence-corrected chi connectivity index (χ2v) is 6.76. The molecule has 0 saturated carbocycles.